The lowest BCUT2D eigenvalue weighted by molar-refractivity contribution is -0.134. The third-order valence-electron chi connectivity index (χ3n) is 2.29. The van der Waals surface area contributed by atoms with E-state index in [1.807, 2.05) is 25.7 Å². The molecule has 1 amide bonds. The zero-order chi connectivity index (χ0) is 11.3. The summed E-state index contributed by atoms with van der Waals surface area (Å²) < 4.78 is 0. The Kier molecular flexibility index (Phi) is 5.77. The summed E-state index contributed by atoms with van der Waals surface area (Å²) in [5.41, 5.74) is 5.84. The molecule has 0 fully saturated rings. The average molecular weight is 200 g/mol. The summed E-state index contributed by atoms with van der Waals surface area (Å²) in [5.74, 6) is 0.552. The number of nitrogens with zero attached hydrogens (tertiary/aromatic N) is 1. The first-order valence-corrected chi connectivity index (χ1v) is 5.46. The van der Waals surface area contributed by atoms with Crippen molar-refractivity contribution in [1.29, 1.82) is 0 Å². The lowest BCUT2D eigenvalue weighted by Gasteiger charge is -2.28. The molecule has 0 aromatic carbocycles. The quantitative estimate of drug-likeness (QED) is 0.733. The van der Waals surface area contributed by atoms with E-state index in [4.69, 9.17) is 5.73 Å². The molecular weight excluding hydrogens is 176 g/mol. The summed E-state index contributed by atoms with van der Waals surface area (Å²) in [6.45, 7) is 10.9. The molecule has 0 aromatic heterocycles. The van der Waals surface area contributed by atoms with Crippen LogP contribution in [0.5, 0.6) is 0 Å². The maximum absolute atomic E-state index is 11.9. The molecule has 0 saturated heterocycles. The molecule has 0 aromatic rings. The first-order valence-electron chi connectivity index (χ1n) is 5.46. The van der Waals surface area contributed by atoms with E-state index < -0.39 is 0 Å². The van der Waals surface area contributed by atoms with Crippen molar-refractivity contribution in [1.82, 2.24) is 4.90 Å². The number of hydrogen-bond acceptors (Lipinski definition) is 2. The third-order valence-corrected chi connectivity index (χ3v) is 2.29. The molecular formula is C11H24N2O. The predicted molar refractivity (Wildman–Crippen MR) is 60.0 cm³/mol. The molecule has 0 saturated carbocycles. The van der Waals surface area contributed by atoms with Crippen molar-refractivity contribution in [3.63, 3.8) is 0 Å². The number of carbonyl (C=O) groups is 1. The standard InChI is InChI=1S/C11H24N2O/c1-6-13(9(4)5)11(14)10(12)7-8(2)3/h8-10H,6-7,12H2,1-5H3/t10-/m0/s1. The van der Waals surface area contributed by atoms with Crippen molar-refractivity contribution in [3.05, 3.63) is 0 Å². The van der Waals surface area contributed by atoms with Crippen LogP contribution in [-0.4, -0.2) is 29.4 Å². The smallest absolute Gasteiger partial charge is 0.239 e. The lowest BCUT2D eigenvalue weighted by atomic mass is 10.0. The van der Waals surface area contributed by atoms with Gasteiger partial charge in [-0.05, 0) is 33.1 Å². The molecule has 14 heavy (non-hydrogen) atoms. The van der Waals surface area contributed by atoms with E-state index in [-0.39, 0.29) is 18.0 Å². The highest BCUT2D eigenvalue weighted by atomic mass is 16.2. The monoisotopic (exact) mass is 200 g/mol. The highest BCUT2D eigenvalue weighted by molar-refractivity contribution is 5.81. The van der Waals surface area contributed by atoms with Gasteiger partial charge in [0.15, 0.2) is 0 Å². The van der Waals surface area contributed by atoms with Gasteiger partial charge in [-0.25, -0.2) is 0 Å². The Morgan fingerprint density at radius 3 is 2.07 bits per heavy atom. The zero-order valence-corrected chi connectivity index (χ0v) is 10.1. The second kappa shape index (κ2) is 6.02. The Hall–Kier alpha value is -0.570. The molecule has 0 radical (unpaired) electrons. The minimum Gasteiger partial charge on any atom is -0.339 e. The summed E-state index contributed by atoms with van der Waals surface area (Å²) in [6.07, 6.45) is 0.766. The normalized spacial score (nSPS) is 13.4. The Bertz CT molecular complexity index is 178. The molecule has 2 N–H and O–H groups in total. The van der Waals surface area contributed by atoms with Gasteiger partial charge in [0.2, 0.25) is 5.91 Å². The first-order chi connectivity index (χ1) is 6.40. The number of rotatable bonds is 5. The van der Waals surface area contributed by atoms with Crippen LogP contribution in [0.2, 0.25) is 0 Å². The Labute approximate surface area is 87.6 Å². The fraction of sp³-hybridized carbons (Fsp3) is 0.909. The molecule has 1 atom stereocenters. The van der Waals surface area contributed by atoms with Crippen molar-refractivity contribution in [2.75, 3.05) is 6.54 Å². The van der Waals surface area contributed by atoms with Crippen LogP contribution in [0.15, 0.2) is 0 Å². The second-order valence-corrected chi connectivity index (χ2v) is 4.45. The number of likely N-dealkylation sites (N-methyl/N-ethyl adjacent to an activating group) is 1. The van der Waals surface area contributed by atoms with Crippen LogP contribution in [-0.2, 0) is 4.79 Å². The molecule has 0 rings (SSSR count). The number of carbonyl (C=O) groups excluding carboxylic acids is 1. The molecule has 0 heterocycles. The van der Waals surface area contributed by atoms with Crippen molar-refractivity contribution < 1.29 is 4.79 Å². The highest BCUT2D eigenvalue weighted by Gasteiger charge is 2.22. The Balaban J connectivity index is 4.27. The van der Waals surface area contributed by atoms with Gasteiger partial charge in [0, 0.05) is 12.6 Å². The molecule has 0 aliphatic carbocycles. The molecule has 84 valence electrons. The van der Waals surface area contributed by atoms with E-state index in [0.717, 1.165) is 13.0 Å². The summed E-state index contributed by atoms with van der Waals surface area (Å²) in [4.78, 5) is 13.7. The second-order valence-electron chi connectivity index (χ2n) is 4.45. The zero-order valence-electron chi connectivity index (χ0n) is 10.1. The van der Waals surface area contributed by atoms with Gasteiger partial charge in [0.1, 0.15) is 0 Å². The number of hydrogen-bond donors (Lipinski definition) is 1. The Morgan fingerprint density at radius 2 is 1.79 bits per heavy atom. The van der Waals surface area contributed by atoms with Crippen LogP contribution in [0.3, 0.4) is 0 Å². The van der Waals surface area contributed by atoms with Gasteiger partial charge >= 0.3 is 0 Å². The van der Waals surface area contributed by atoms with Crippen LogP contribution in [0.1, 0.15) is 41.0 Å². The predicted octanol–water partition coefficient (Wildman–Crippen LogP) is 1.62. The maximum Gasteiger partial charge on any atom is 0.239 e. The van der Waals surface area contributed by atoms with Crippen LogP contribution in [0.4, 0.5) is 0 Å². The third kappa shape index (κ3) is 4.09. The van der Waals surface area contributed by atoms with E-state index >= 15 is 0 Å². The van der Waals surface area contributed by atoms with E-state index in [1.54, 1.807) is 0 Å². The van der Waals surface area contributed by atoms with Gasteiger partial charge in [-0.3, -0.25) is 4.79 Å². The summed E-state index contributed by atoms with van der Waals surface area (Å²) in [7, 11) is 0. The van der Waals surface area contributed by atoms with Crippen LogP contribution < -0.4 is 5.73 Å². The van der Waals surface area contributed by atoms with E-state index in [2.05, 4.69) is 13.8 Å². The largest absolute Gasteiger partial charge is 0.339 e. The SMILES string of the molecule is CCN(C(=O)[C@@H](N)CC(C)C)C(C)C. The van der Waals surface area contributed by atoms with E-state index in [9.17, 15) is 4.79 Å². The van der Waals surface area contributed by atoms with Gasteiger partial charge in [0.05, 0.1) is 6.04 Å². The van der Waals surface area contributed by atoms with Crippen molar-refractivity contribution in [3.8, 4) is 0 Å². The van der Waals surface area contributed by atoms with Crippen molar-refractivity contribution >= 4 is 5.91 Å². The average Bonchev–Trinajstić information content (AvgIpc) is 2.03. The van der Waals surface area contributed by atoms with Gasteiger partial charge in [-0.2, -0.15) is 0 Å². The van der Waals surface area contributed by atoms with Crippen LogP contribution in [0.25, 0.3) is 0 Å². The summed E-state index contributed by atoms with van der Waals surface area (Å²) in [6, 6.07) is -0.0944. The van der Waals surface area contributed by atoms with Crippen LogP contribution >= 0.6 is 0 Å². The lowest BCUT2D eigenvalue weighted by Crippen LogP contribution is -2.47. The first kappa shape index (κ1) is 13.4. The highest BCUT2D eigenvalue weighted by Crippen LogP contribution is 2.07. The number of amides is 1. The molecule has 0 unspecified atom stereocenters. The molecule has 3 nitrogen and oxygen atoms in total. The molecule has 0 aliphatic rings. The van der Waals surface area contributed by atoms with E-state index in [0.29, 0.717) is 5.92 Å². The topological polar surface area (TPSA) is 46.3 Å². The Morgan fingerprint density at radius 1 is 1.29 bits per heavy atom. The maximum atomic E-state index is 11.9. The minimum absolute atomic E-state index is 0.0798. The summed E-state index contributed by atoms with van der Waals surface area (Å²) in [5, 5.41) is 0. The van der Waals surface area contributed by atoms with Crippen molar-refractivity contribution in [2.45, 2.75) is 53.1 Å². The minimum atomic E-state index is -0.336. The van der Waals surface area contributed by atoms with Crippen molar-refractivity contribution in [2.24, 2.45) is 11.7 Å². The molecule has 3 heteroatoms. The van der Waals surface area contributed by atoms with Gasteiger partial charge in [-0.15, -0.1) is 0 Å². The number of nitrogens with two attached hydrogens (primary N) is 1. The van der Waals surface area contributed by atoms with E-state index in [1.165, 1.54) is 0 Å². The van der Waals surface area contributed by atoms with Gasteiger partial charge in [0.25, 0.3) is 0 Å². The van der Waals surface area contributed by atoms with Gasteiger partial charge in [-0.1, -0.05) is 13.8 Å². The molecule has 0 spiro atoms. The molecule has 0 aliphatic heterocycles. The fourth-order valence-corrected chi connectivity index (χ4v) is 1.60. The fourth-order valence-electron chi connectivity index (χ4n) is 1.60. The summed E-state index contributed by atoms with van der Waals surface area (Å²) >= 11 is 0. The van der Waals surface area contributed by atoms with Crippen LogP contribution in [0, 0.1) is 5.92 Å². The van der Waals surface area contributed by atoms with Gasteiger partial charge < -0.3 is 10.6 Å². The molecule has 0 bridgehead atoms.